The van der Waals surface area contributed by atoms with Crippen LogP contribution in [0.4, 0.5) is 17.6 Å². The number of amides is 1. The third-order valence-electron chi connectivity index (χ3n) is 4.64. The highest BCUT2D eigenvalue weighted by Gasteiger charge is 2.14. The van der Waals surface area contributed by atoms with Crippen molar-refractivity contribution in [2.75, 3.05) is 0 Å². The Labute approximate surface area is 174 Å². The van der Waals surface area contributed by atoms with Crippen molar-refractivity contribution in [2.24, 2.45) is 0 Å². The summed E-state index contributed by atoms with van der Waals surface area (Å²) in [5, 5.41) is 2.60. The number of hydrogen-bond acceptors (Lipinski definition) is 2. The molecule has 1 amide bonds. The summed E-state index contributed by atoms with van der Waals surface area (Å²) < 4.78 is 54.8. The number of nitrogens with zero attached hydrogens (tertiary/aromatic N) is 2. The average Bonchev–Trinajstić information content (AvgIpc) is 3.23. The highest BCUT2D eigenvalue weighted by atomic mass is 19.2. The van der Waals surface area contributed by atoms with Crippen molar-refractivity contribution >= 4 is 5.91 Å². The van der Waals surface area contributed by atoms with Gasteiger partial charge in [0.2, 0.25) is 0 Å². The van der Waals surface area contributed by atoms with Crippen molar-refractivity contribution in [3.63, 3.8) is 0 Å². The lowest BCUT2D eigenvalue weighted by Gasteiger charge is -2.10. The fraction of sp³-hybridized carbons (Fsp3) is 0.0435. The van der Waals surface area contributed by atoms with Gasteiger partial charge in [-0.15, -0.1) is 0 Å². The van der Waals surface area contributed by atoms with Crippen LogP contribution in [0.3, 0.4) is 0 Å². The Hall–Kier alpha value is -3.94. The van der Waals surface area contributed by atoms with Crippen LogP contribution in [0.1, 0.15) is 16.1 Å². The predicted molar refractivity (Wildman–Crippen MR) is 106 cm³/mol. The number of hydrogen-bond donors (Lipinski definition) is 1. The van der Waals surface area contributed by atoms with E-state index >= 15 is 0 Å². The van der Waals surface area contributed by atoms with Gasteiger partial charge in [0.05, 0.1) is 12.5 Å². The molecule has 0 saturated heterocycles. The maximum atomic E-state index is 13.5. The van der Waals surface area contributed by atoms with Gasteiger partial charge in [-0.2, -0.15) is 0 Å². The number of carbonyl (C=O) groups excluding carboxylic acids is 1. The van der Waals surface area contributed by atoms with Crippen LogP contribution in [-0.4, -0.2) is 15.5 Å². The van der Waals surface area contributed by atoms with E-state index in [1.165, 1.54) is 23.2 Å². The van der Waals surface area contributed by atoms with Crippen LogP contribution >= 0.6 is 0 Å². The van der Waals surface area contributed by atoms with Crippen LogP contribution < -0.4 is 5.32 Å². The first kappa shape index (κ1) is 20.3. The third kappa shape index (κ3) is 4.48. The minimum atomic E-state index is -0.937. The Morgan fingerprint density at radius 3 is 2.19 bits per heavy atom. The van der Waals surface area contributed by atoms with Gasteiger partial charge in [-0.1, -0.05) is 18.2 Å². The summed E-state index contributed by atoms with van der Waals surface area (Å²) in [4.78, 5) is 16.6. The van der Waals surface area contributed by atoms with E-state index in [2.05, 4.69) is 10.3 Å². The van der Waals surface area contributed by atoms with E-state index in [0.29, 0.717) is 16.8 Å². The molecule has 3 aromatic carbocycles. The standard InChI is InChI=1S/C23H15F4N3O/c24-17-7-14(8-18(25)10-17)11-29-23(31)22-12-28-13-30(22)19-4-1-15(2-5-19)16-3-6-20(26)21(27)9-16/h1-10,12-13H,11H2,(H,29,31). The van der Waals surface area contributed by atoms with Gasteiger partial charge in [0, 0.05) is 18.3 Å². The molecule has 0 aliphatic carbocycles. The van der Waals surface area contributed by atoms with Gasteiger partial charge in [0.1, 0.15) is 17.3 Å². The molecule has 0 atom stereocenters. The molecular weight excluding hydrogens is 410 g/mol. The Morgan fingerprint density at radius 2 is 1.52 bits per heavy atom. The molecule has 0 fully saturated rings. The fourth-order valence-electron chi connectivity index (χ4n) is 3.14. The number of rotatable bonds is 5. The van der Waals surface area contributed by atoms with Crippen molar-refractivity contribution in [1.82, 2.24) is 14.9 Å². The molecule has 0 radical (unpaired) electrons. The van der Waals surface area contributed by atoms with E-state index in [-0.39, 0.29) is 17.8 Å². The van der Waals surface area contributed by atoms with E-state index in [1.807, 2.05) is 0 Å². The molecule has 0 aliphatic rings. The van der Waals surface area contributed by atoms with Crippen LogP contribution in [0.2, 0.25) is 0 Å². The maximum Gasteiger partial charge on any atom is 0.270 e. The van der Waals surface area contributed by atoms with E-state index in [4.69, 9.17) is 0 Å². The molecule has 8 heteroatoms. The summed E-state index contributed by atoms with van der Waals surface area (Å²) in [6, 6.07) is 13.5. The predicted octanol–water partition coefficient (Wildman–Crippen LogP) is 5.03. The van der Waals surface area contributed by atoms with Crippen molar-refractivity contribution in [3.05, 3.63) is 108 Å². The van der Waals surface area contributed by atoms with Gasteiger partial charge < -0.3 is 5.32 Å². The minimum Gasteiger partial charge on any atom is -0.347 e. The highest BCUT2D eigenvalue weighted by Crippen LogP contribution is 2.23. The van der Waals surface area contributed by atoms with E-state index in [1.54, 1.807) is 24.3 Å². The van der Waals surface area contributed by atoms with Crippen molar-refractivity contribution in [3.8, 4) is 16.8 Å². The topological polar surface area (TPSA) is 46.9 Å². The molecule has 4 aromatic rings. The second kappa shape index (κ2) is 8.43. The molecule has 156 valence electrons. The van der Waals surface area contributed by atoms with Gasteiger partial charge in [-0.25, -0.2) is 22.5 Å². The summed E-state index contributed by atoms with van der Waals surface area (Å²) in [5.41, 5.74) is 2.30. The summed E-state index contributed by atoms with van der Waals surface area (Å²) in [6.45, 7) is -0.0617. The van der Waals surface area contributed by atoms with Gasteiger partial charge in [-0.3, -0.25) is 9.36 Å². The second-order valence-electron chi connectivity index (χ2n) is 6.79. The number of halogens is 4. The Balaban J connectivity index is 1.52. The van der Waals surface area contributed by atoms with E-state index in [9.17, 15) is 22.4 Å². The SMILES string of the molecule is O=C(NCc1cc(F)cc(F)c1)c1cncn1-c1ccc(-c2ccc(F)c(F)c2)cc1. The van der Waals surface area contributed by atoms with Crippen LogP contribution in [0.25, 0.3) is 16.8 Å². The molecule has 1 aromatic heterocycles. The molecule has 0 spiro atoms. The van der Waals surface area contributed by atoms with Crippen LogP contribution in [0, 0.1) is 23.3 Å². The first-order valence-electron chi connectivity index (χ1n) is 9.22. The third-order valence-corrected chi connectivity index (χ3v) is 4.64. The zero-order chi connectivity index (χ0) is 22.0. The summed E-state index contributed by atoms with van der Waals surface area (Å²) in [5.74, 6) is -3.79. The van der Waals surface area contributed by atoms with Gasteiger partial charge in [-0.05, 0) is 53.1 Å². The van der Waals surface area contributed by atoms with Crippen LogP contribution in [0.5, 0.6) is 0 Å². The van der Waals surface area contributed by atoms with Gasteiger partial charge in [0.25, 0.3) is 5.91 Å². The molecule has 0 saturated carbocycles. The zero-order valence-corrected chi connectivity index (χ0v) is 15.9. The molecule has 31 heavy (non-hydrogen) atoms. The summed E-state index contributed by atoms with van der Waals surface area (Å²) in [6.07, 6.45) is 2.81. The number of aromatic nitrogens is 2. The number of imidazole rings is 1. The smallest absolute Gasteiger partial charge is 0.270 e. The quantitative estimate of drug-likeness (QED) is 0.456. The molecule has 0 unspecified atom stereocenters. The normalized spacial score (nSPS) is 10.8. The van der Waals surface area contributed by atoms with Crippen LogP contribution in [0.15, 0.2) is 73.2 Å². The average molecular weight is 425 g/mol. The number of benzene rings is 3. The zero-order valence-electron chi connectivity index (χ0n) is 15.9. The lowest BCUT2D eigenvalue weighted by molar-refractivity contribution is 0.0944. The van der Waals surface area contributed by atoms with Crippen molar-refractivity contribution in [1.29, 1.82) is 0 Å². The van der Waals surface area contributed by atoms with Crippen molar-refractivity contribution in [2.45, 2.75) is 6.54 Å². The summed E-state index contributed by atoms with van der Waals surface area (Å²) in [7, 11) is 0. The lowest BCUT2D eigenvalue weighted by Crippen LogP contribution is -2.25. The molecular formula is C23H15F4N3O. The molecule has 1 heterocycles. The Morgan fingerprint density at radius 1 is 0.839 bits per heavy atom. The Bertz CT molecular complexity index is 1230. The Kier molecular flexibility index (Phi) is 5.53. The molecule has 0 aliphatic heterocycles. The molecule has 4 rings (SSSR count). The maximum absolute atomic E-state index is 13.5. The van der Waals surface area contributed by atoms with Gasteiger partial charge >= 0.3 is 0 Å². The second-order valence-corrected chi connectivity index (χ2v) is 6.79. The first-order chi connectivity index (χ1) is 14.9. The molecule has 0 bridgehead atoms. The highest BCUT2D eigenvalue weighted by molar-refractivity contribution is 5.93. The monoisotopic (exact) mass is 425 g/mol. The largest absolute Gasteiger partial charge is 0.347 e. The van der Waals surface area contributed by atoms with Crippen molar-refractivity contribution < 1.29 is 22.4 Å². The summed E-state index contributed by atoms with van der Waals surface area (Å²) >= 11 is 0. The minimum absolute atomic E-state index is 0.0617. The first-order valence-corrected chi connectivity index (χ1v) is 9.22. The lowest BCUT2D eigenvalue weighted by atomic mass is 10.1. The van der Waals surface area contributed by atoms with E-state index in [0.717, 1.165) is 30.3 Å². The van der Waals surface area contributed by atoms with Crippen LogP contribution in [-0.2, 0) is 6.54 Å². The fourth-order valence-corrected chi connectivity index (χ4v) is 3.14. The van der Waals surface area contributed by atoms with E-state index < -0.39 is 29.2 Å². The number of carbonyl (C=O) groups is 1. The molecule has 4 nitrogen and oxygen atoms in total. The molecule has 1 N–H and O–H groups in total. The number of nitrogens with one attached hydrogen (secondary N) is 1. The van der Waals surface area contributed by atoms with Gasteiger partial charge in [0.15, 0.2) is 11.6 Å².